The molecule has 0 saturated heterocycles. The van der Waals surface area contributed by atoms with Crippen LogP contribution in [-0.2, 0) is 0 Å². The van der Waals surface area contributed by atoms with Crippen LogP contribution in [0.5, 0.6) is 0 Å². The first kappa shape index (κ1) is 23.7. The summed E-state index contributed by atoms with van der Waals surface area (Å²) >= 11 is 0. The summed E-state index contributed by atoms with van der Waals surface area (Å²) < 4.78 is 0. The van der Waals surface area contributed by atoms with Crippen LogP contribution < -0.4 is 10.6 Å². The summed E-state index contributed by atoms with van der Waals surface area (Å²) in [5, 5.41) is 6.35. The van der Waals surface area contributed by atoms with Gasteiger partial charge in [-0.05, 0) is 78.8 Å². The van der Waals surface area contributed by atoms with E-state index in [1.807, 2.05) is 55.7 Å². The zero-order valence-electron chi connectivity index (χ0n) is 17.1. The third-order valence-electron chi connectivity index (χ3n) is 5.27. The zero-order chi connectivity index (χ0) is 19.5. The normalized spacial score (nSPS) is 13.4. The molecule has 4 nitrogen and oxygen atoms in total. The maximum atomic E-state index is 13.0. The van der Waals surface area contributed by atoms with Crippen LogP contribution in [0.4, 0.5) is 5.69 Å². The number of halogens is 2. The van der Waals surface area contributed by atoms with E-state index in [4.69, 9.17) is 0 Å². The van der Waals surface area contributed by atoms with Crippen LogP contribution in [0.25, 0.3) is 11.1 Å². The van der Waals surface area contributed by atoms with Crippen molar-refractivity contribution in [2.75, 3.05) is 12.4 Å². The molecule has 1 aromatic heterocycles. The summed E-state index contributed by atoms with van der Waals surface area (Å²) in [6.45, 7) is 2.06. The molecule has 1 unspecified atom stereocenters. The molecule has 1 aliphatic carbocycles. The minimum Gasteiger partial charge on any atom is -0.388 e. The number of nitrogens with zero attached hydrogens (tertiary/aromatic N) is 1. The molecule has 3 aromatic rings. The highest BCUT2D eigenvalue weighted by atomic mass is 35.5. The molecule has 1 saturated carbocycles. The number of anilines is 1. The first-order valence-corrected chi connectivity index (χ1v) is 9.76. The van der Waals surface area contributed by atoms with E-state index in [-0.39, 0.29) is 36.8 Å². The second kappa shape index (κ2) is 10.5. The summed E-state index contributed by atoms with van der Waals surface area (Å²) in [4.78, 5) is 17.5. The van der Waals surface area contributed by atoms with E-state index in [1.165, 1.54) is 0 Å². The Balaban J connectivity index is 0.00000160. The molecule has 0 spiro atoms. The number of hydrogen-bond acceptors (Lipinski definition) is 3. The van der Waals surface area contributed by atoms with Crippen LogP contribution in [0.15, 0.2) is 66.9 Å². The highest BCUT2D eigenvalue weighted by molar-refractivity contribution is 5.95. The van der Waals surface area contributed by atoms with E-state index >= 15 is 0 Å². The van der Waals surface area contributed by atoms with Crippen molar-refractivity contribution in [3.05, 3.63) is 83.7 Å². The molecule has 1 aliphatic rings. The van der Waals surface area contributed by atoms with Gasteiger partial charge in [-0.25, -0.2) is 0 Å². The molecule has 6 heteroatoms. The van der Waals surface area contributed by atoms with E-state index < -0.39 is 0 Å². The van der Waals surface area contributed by atoms with Crippen LogP contribution in [0, 0.1) is 12.8 Å². The first-order chi connectivity index (χ1) is 13.6. The molecule has 1 atom stereocenters. The molecule has 2 aromatic carbocycles. The van der Waals surface area contributed by atoms with Crippen LogP contribution in [0.1, 0.15) is 40.5 Å². The van der Waals surface area contributed by atoms with Crippen molar-refractivity contribution in [2.45, 2.75) is 25.8 Å². The van der Waals surface area contributed by atoms with Gasteiger partial charge in [-0.1, -0.05) is 24.3 Å². The van der Waals surface area contributed by atoms with Gasteiger partial charge in [0.1, 0.15) is 0 Å². The Hall–Kier alpha value is -2.56. The van der Waals surface area contributed by atoms with Crippen molar-refractivity contribution in [1.82, 2.24) is 10.3 Å². The summed E-state index contributed by atoms with van der Waals surface area (Å²) in [5.41, 5.74) is 5.98. The molecule has 2 N–H and O–H groups in total. The SMILES string of the molecule is CNc1ccc(-c2cccc(C(=O)NC(c3cc(C)ccn3)C3CC3)c2)cc1.Cl.Cl. The largest absolute Gasteiger partial charge is 0.388 e. The topological polar surface area (TPSA) is 54.0 Å². The van der Waals surface area contributed by atoms with Crippen molar-refractivity contribution in [1.29, 1.82) is 0 Å². The molecular formula is C24H27Cl2N3O. The Labute approximate surface area is 190 Å². The maximum absolute atomic E-state index is 13.0. The predicted molar refractivity (Wildman–Crippen MR) is 128 cm³/mol. The number of pyridine rings is 1. The highest BCUT2D eigenvalue weighted by Crippen LogP contribution is 2.40. The number of nitrogens with one attached hydrogen (secondary N) is 2. The lowest BCUT2D eigenvalue weighted by atomic mass is 10.0. The predicted octanol–water partition coefficient (Wildman–Crippen LogP) is 5.82. The van der Waals surface area contributed by atoms with Gasteiger partial charge in [-0.3, -0.25) is 9.78 Å². The molecule has 4 rings (SSSR count). The van der Waals surface area contributed by atoms with Gasteiger partial charge in [-0.15, -0.1) is 24.8 Å². The molecule has 0 bridgehead atoms. The monoisotopic (exact) mass is 443 g/mol. The van der Waals surface area contributed by atoms with Gasteiger partial charge in [-0.2, -0.15) is 0 Å². The number of hydrogen-bond donors (Lipinski definition) is 2. The number of aryl methyl sites for hydroxylation is 1. The van der Waals surface area contributed by atoms with Gasteiger partial charge in [0.2, 0.25) is 0 Å². The zero-order valence-corrected chi connectivity index (χ0v) is 18.7. The van der Waals surface area contributed by atoms with Crippen LogP contribution in [-0.4, -0.2) is 17.9 Å². The smallest absolute Gasteiger partial charge is 0.251 e. The fourth-order valence-corrected chi connectivity index (χ4v) is 3.49. The molecule has 0 radical (unpaired) electrons. The first-order valence-electron chi connectivity index (χ1n) is 9.76. The van der Waals surface area contributed by atoms with Gasteiger partial charge in [0.15, 0.2) is 0 Å². The van der Waals surface area contributed by atoms with E-state index in [0.29, 0.717) is 11.5 Å². The molecule has 0 aliphatic heterocycles. The van der Waals surface area contributed by atoms with E-state index in [9.17, 15) is 4.79 Å². The Bertz CT molecular complexity index is 988. The summed E-state index contributed by atoms with van der Waals surface area (Å²) in [7, 11) is 1.90. The van der Waals surface area contributed by atoms with Gasteiger partial charge in [0.05, 0.1) is 11.7 Å². The van der Waals surface area contributed by atoms with Crippen LogP contribution in [0.2, 0.25) is 0 Å². The Kier molecular flexibility index (Phi) is 8.27. The standard InChI is InChI=1S/C24H25N3O.2ClH/c1-16-12-13-26-22(14-16)23(18-6-7-18)27-24(28)20-5-3-4-19(15-20)17-8-10-21(25-2)11-9-17;;/h3-5,8-15,18,23,25H,6-7H2,1-2H3,(H,27,28);2*1H. The average Bonchev–Trinajstić information content (AvgIpc) is 3.57. The minimum atomic E-state index is -0.0473. The summed E-state index contributed by atoms with van der Waals surface area (Å²) in [5.74, 6) is 0.435. The quantitative estimate of drug-likeness (QED) is 0.504. The second-order valence-corrected chi connectivity index (χ2v) is 7.45. The van der Waals surface area contributed by atoms with E-state index in [1.54, 1.807) is 0 Å². The number of aromatic nitrogens is 1. The number of benzene rings is 2. The minimum absolute atomic E-state index is 0. The number of carbonyl (C=O) groups excluding carboxylic acids is 1. The number of rotatable bonds is 6. The molecule has 1 fully saturated rings. The second-order valence-electron chi connectivity index (χ2n) is 7.45. The van der Waals surface area contributed by atoms with E-state index in [2.05, 4.69) is 40.7 Å². The Morgan fingerprint density at radius 3 is 2.37 bits per heavy atom. The Morgan fingerprint density at radius 1 is 1.00 bits per heavy atom. The summed E-state index contributed by atoms with van der Waals surface area (Å²) in [6.07, 6.45) is 4.10. The fourth-order valence-electron chi connectivity index (χ4n) is 3.49. The lowest BCUT2D eigenvalue weighted by Crippen LogP contribution is -2.30. The third-order valence-corrected chi connectivity index (χ3v) is 5.27. The van der Waals surface area contributed by atoms with Crippen molar-refractivity contribution in [3.8, 4) is 11.1 Å². The van der Waals surface area contributed by atoms with Gasteiger partial charge < -0.3 is 10.6 Å². The van der Waals surface area contributed by atoms with Gasteiger partial charge in [0, 0.05) is 24.5 Å². The molecule has 158 valence electrons. The average molecular weight is 444 g/mol. The number of carbonyl (C=O) groups is 1. The van der Waals surface area contributed by atoms with Crippen molar-refractivity contribution in [3.63, 3.8) is 0 Å². The van der Waals surface area contributed by atoms with Crippen LogP contribution in [0.3, 0.4) is 0 Å². The Morgan fingerprint density at radius 2 is 1.73 bits per heavy atom. The molecular weight excluding hydrogens is 417 g/mol. The van der Waals surface area contributed by atoms with Crippen molar-refractivity contribution >= 4 is 36.4 Å². The van der Waals surface area contributed by atoms with Crippen molar-refractivity contribution < 1.29 is 4.79 Å². The lowest BCUT2D eigenvalue weighted by molar-refractivity contribution is 0.0930. The molecule has 1 heterocycles. The van der Waals surface area contributed by atoms with Crippen molar-refractivity contribution in [2.24, 2.45) is 5.92 Å². The summed E-state index contributed by atoms with van der Waals surface area (Å²) in [6, 6.07) is 20.0. The number of amides is 1. The van der Waals surface area contributed by atoms with E-state index in [0.717, 1.165) is 40.9 Å². The third kappa shape index (κ3) is 5.53. The maximum Gasteiger partial charge on any atom is 0.251 e. The van der Waals surface area contributed by atoms with Gasteiger partial charge >= 0.3 is 0 Å². The van der Waals surface area contributed by atoms with Gasteiger partial charge in [0.25, 0.3) is 5.91 Å². The molecule has 30 heavy (non-hydrogen) atoms. The highest BCUT2D eigenvalue weighted by Gasteiger charge is 2.34. The fraction of sp³-hybridized carbons (Fsp3) is 0.250. The molecule has 1 amide bonds. The van der Waals surface area contributed by atoms with Crippen LogP contribution >= 0.6 is 24.8 Å². The lowest BCUT2D eigenvalue weighted by Gasteiger charge is -2.18.